The Morgan fingerprint density at radius 2 is 1.81 bits per heavy atom. The summed E-state index contributed by atoms with van der Waals surface area (Å²) in [5, 5.41) is 12.2. The van der Waals surface area contributed by atoms with Crippen molar-refractivity contribution in [3.63, 3.8) is 0 Å². The molecule has 1 heterocycles. The quantitative estimate of drug-likeness (QED) is 0.389. The SMILES string of the molecule is Oc1cc(N=Cc2ccc(Cl)c(Cl)c2)ccc1-c1nc2ccccc2s1. The molecule has 0 saturated heterocycles. The van der Waals surface area contributed by atoms with Crippen LogP contribution in [0.25, 0.3) is 20.8 Å². The zero-order chi connectivity index (χ0) is 18.1. The van der Waals surface area contributed by atoms with Crippen molar-refractivity contribution in [1.82, 2.24) is 4.98 Å². The second-order valence-electron chi connectivity index (χ2n) is 5.62. The number of phenols is 1. The molecular formula is C20H12Cl2N2OS. The van der Waals surface area contributed by atoms with Gasteiger partial charge in [-0.25, -0.2) is 4.98 Å². The fourth-order valence-electron chi connectivity index (χ4n) is 2.51. The number of phenolic OH excluding ortho intramolecular Hbond substituents is 1. The average molecular weight is 399 g/mol. The van der Waals surface area contributed by atoms with E-state index in [0.29, 0.717) is 21.3 Å². The van der Waals surface area contributed by atoms with Gasteiger partial charge in [0.1, 0.15) is 10.8 Å². The molecule has 0 aliphatic carbocycles. The first kappa shape index (κ1) is 17.0. The van der Waals surface area contributed by atoms with E-state index in [0.717, 1.165) is 20.8 Å². The van der Waals surface area contributed by atoms with Gasteiger partial charge in [-0.05, 0) is 42.0 Å². The molecule has 0 amide bonds. The Kier molecular flexibility index (Phi) is 4.64. The number of thiazole rings is 1. The second-order valence-corrected chi connectivity index (χ2v) is 7.46. The van der Waals surface area contributed by atoms with Crippen LogP contribution in [0.3, 0.4) is 0 Å². The molecule has 0 fully saturated rings. The summed E-state index contributed by atoms with van der Waals surface area (Å²) in [6.45, 7) is 0. The average Bonchev–Trinajstić information content (AvgIpc) is 3.06. The van der Waals surface area contributed by atoms with Crippen molar-refractivity contribution in [2.24, 2.45) is 4.99 Å². The van der Waals surface area contributed by atoms with Gasteiger partial charge in [-0.15, -0.1) is 11.3 Å². The standard InChI is InChI=1S/C20H12Cl2N2OS/c21-15-8-5-12(9-16(15)22)11-23-13-6-7-14(18(25)10-13)20-24-17-3-1-2-4-19(17)26-20/h1-11,25H. The summed E-state index contributed by atoms with van der Waals surface area (Å²) in [6.07, 6.45) is 1.67. The minimum Gasteiger partial charge on any atom is -0.507 e. The molecule has 6 heteroatoms. The fourth-order valence-corrected chi connectivity index (χ4v) is 3.82. The van der Waals surface area contributed by atoms with Gasteiger partial charge in [0, 0.05) is 12.3 Å². The third-order valence-electron chi connectivity index (χ3n) is 3.81. The highest BCUT2D eigenvalue weighted by atomic mass is 35.5. The lowest BCUT2D eigenvalue weighted by Gasteiger charge is -2.02. The van der Waals surface area contributed by atoms with Crippen LogP contribution in [0.15, 0.2) is 65.7 Å². The molecule has 4 aromatic rings. The number of nitrogens with zero attached hydrogens (tertiary/aromatic N) is 2. The van der Waals surface area contributed by atoms with Gasteiger partial charge in [0.25, 0.3) is 0 Å². The van der Waals surface area contributed by atoms with Crippen molar-refractivity contribution in [2.75, 3.05) is 0 Å². The van der Waals surface area contributed by atoms with Crippen LogP contribution in [0, 0.1) is 0 Å². The Morgan fingerprint density at radius 1 is 0.962 bits per heavy atom. The van der Waals surface area contributed by atoms with E-state index in [1.165, 1.54) is 0 Å². The van der Waals surface area contributed by atoms with Crippen LogP contribution in [-0.4, -0.2) is 16.3 Å². The van der Waals surface area contributed by atoms with Crippen LogP contribution < -0.4 is 0 Å². The van der Waals surface area contributed by atoms with E-state index < -0.39 is 0 Å². The topological polar surface area (TPSA) is 45.5 Å². The van der Waals surface area contributed by atoms with Gasteiger partial charge >= 0.3 is 0 Å². The number of benzene rings is 3. The van der Waals surface area contributed by atoms with Crippen molar-refractivity contribution in [1.29, 1.82) is 0 Å². The van der Waals surface area contributed by atoms with Crippen LogP contribution in [0.2, 0.25) is 10.0 Å². The van der Waals surface area contributed by atoms with Crippen LogP contribution in [0.5, 0.6) is 5.75 Å². The van der Waals surface area contributed by atoms with Crippen molar-refractivity contribution in [3.05, 3.63) is 76.3 Å². The van der Waals surface area contributed by atoms with Gasteiger partial charge in [-0.1, -0.05) is 41.4 Å². The molecule has 0 aliphatic heterocycles. The number of hydrogen-bond acceptors (Lipinski definition) is 4. The molecule has 0 unspecified atom stereocenters. The molecule has 0 spiro atoms. The lowest BCUT2D eigenvalue weighted by Crippen LogP contribution is -1.82. The molecule has 128 valence electrons. The Balaban J connectivity index is 1.63. The number of aliphatic imine (C=N–C) groups is 1. The predicted octanol–water partition coefficient (Wildman–Crippen LogP) is 6.73. The van der Waals surface area contributed by atoms with Crippen molar-refractivity contribution < 1.29 is 5.11 Å². The van der Waals surface area contributed by atoms with Gasteiger partial charge in [0.15, 0.2) is 0 Å². The maximum Gasteiger partial charge on any atom is 0.128 e. The van der Waals surface area contributed by atoms with Gasteiger partial charge < -0.3 is 5.11 Å². The summed E-state index contributed by atoms with van der Waals surface area (Å²) in [5.41, 5.74) is 3.08. The highest BCUT2D eigenvalue weighted by Crippen LogP contribution is 2.37. The minimum atomic E-state index is 0.146. The first-order valence-corrected chi connectivity index (χ1v) is 9.35. The van der Waals surface area contributed by atoms with E-state index >= 15 is 0 Å². The van der Waals surface area contributed by atoms with E-state index in [1.54, 1.807) is 35.8 Å². The summed E-state index contributed by atoms with van der Waals surface area (Å²) in [7, 11) is 0. The Hall–Kier alpha value is -2.40. The second kappa shape index (κ2) is 7.08. The van der Waals surface area contributed by atoms with E-state index in [1.807, 2.05) is 42.5 Å². The molecule has 0 aliphatic rings. The number of aromatic nitrogens is 1. The van der Waals surface area contributed by atoms with Gasteiger partial charge in [-0.3, -0.25) is 4.99 Å². The third-order valence-corrected chi connectivity index (χ3v) is 5.62. The highest BCUT2D eigenvalue weighted by molar-refractivity contribution is 7.21. The molecule has 0 saturated carbocycles. The van der Waals surface area contributed by atoms with E-state index in [-0.39, 0.29) is 5.75 Å². The van der Waals surface area contributed by atoms with Crippen molar-refractivity contribution in [3.8, 4) is 16.3 Å². The molecular weight excluding hydrogens is 387 g/mol. The Labute approximate surface area is 164 Å². The number of aromatic hydroxyl groups is 1. The zero-order valence-electron chi connectivity index (χ0n) is 13.4. The normalized spacial score (nSPS) is 11.5. The largest absolute Gasteiger partial charge is 0.507 e. The number of halogens is 2. The maximum atomic E-state index is 10.4. The number of fused-ring (bicyclic) bond motifs is 1. The molecule has 0 radical (unpaired) electrons. The fraction of sp³-hybridized carbons (Fsp3) is 0. The smallest absolute Gasteiger partial charge is 0.128 e. The van der Waals surface area contributed by atoms with Crippen LogP contribution in [-0.2, 0) is 0 Å². The van der Waals surface area contributed by atoms with Crippen molar-refractivity contribution >= 4 is 56.7 Å². The van der Waals surface area contributed by atoms with Crippen molar-refractivity contribution in [2.45, 2.75) is 0 Å². The number of hydrogen-bond donors (Lipinski definition) is 1. The Bertz CT molecular complexity index is 1100. The Morgan fingerprint density at radius 3 is 2.58 bits per heavy atom. The molecule has 3 nitrogen and oxygen atoms in total. The van der Waals surface area contributed by atoms with E-state index in [2.05, 4.69) is 9.98 Å². The maximum absolute atomic E-state index is 10.4. The van der Waals surface area contributed by atoms with Gasteiger partial charge in [0.05, 0.1) is 31.5 Å². The minimum absolute atomic E-state index is 0.146. The highest BCUT2D eigenvalue weighted by Gasteiger charge is 2.10. The molecule has 26 heavy (non-hydrogen) atoms. The summed E-state index contributed by atoms with van der Waals surface area (Å²) in [5.74, 6) is 0.146. The zero-order valence-corrected chi connectivity index (χ0v) is 15.7. The third kappa shape index (κ3) is 3.44. The van der Waals surface area contributed by atoms with Gasteiger partial charge in [0.2, 0.25) is 0 Å². The summed E-state index contributed by atoms with van der Waals surface area (Å²) in [6, 6.07) is 18.5. The molecule has 0 atom stereocenters. The summed E-state index contributed by atoms with van der Waals surface area (Å²) in [4.78, 5) is 8.96. The van der Waals surface area contributed by atoms with E-state index in [9.17, 15) is 5.11 Å². The molecule has 0 bridgehead atoms. The lowest BCUT2D eigenvalue weighted by atomic mass is 10.2. The van der Waals surface area contributed by atoms with Crippen LogP contribution in [0.4, 0.5) is 5.69 Å². The summed E-state index contributed by atoms with van der Waals surface area (Å²) >= 11 is 13.5. The lowest BCUT2D eigenvalue weighted by molar-refractivity contribution is 0.477. The molecule has 1 aromatic heterocycles. The van der Waals surface area contributed by atoms with Gasteiger partial charge in [-0.2, -0.15) is 0 Å². The molecule has 1 N–H and O–H groups in total. The first-order valence-electron chi connectivity index (χ1n) is 7.78. The molecule has 4 rings (SSSR count). The first-order chi connectivity index (χ1) is 12.6. The van der Waals surface area contributed by atoms with E-state index in [4.69, 9.17) is 23.2 Å². The van der Waals surface area contributed by atoms with Crippen LogP contribution in [0.1, 0.15) is 5.56 Å². The van der Waals surface area contributed by atoms with Crippen LogP contribution >= 0.6 is 34.5 Å². The predicted molar refractivity (Wildman–Crippen MR) is 110 cm³/mol. The number of para-hydroxylation sites is 1. The molecule has 3 aromatic carbocycles. The monoisotopic (exact) mass is 398 g/mol. The number of rotatable bonds is 3. The summed E-state index contributed by atoms with van der Waals surface area (Å²) < 4.78 is 1.09.